The number of aliphatic carboxylic acids is 1. The van der Waals surface area contributed by atoms with Crippen molar-refractivity contribution in [3.63, 3.8) is 0 Å². The summed E-state index contributed by atoms with van der Waals surface area (Å²) < 4.78 is 0. The second-order valence-corrected chi connectivity index (χ2v) is 7.09. The first kappa shape index (κ1) is 16.3. The third-order valence-corrected chi connectivity index (χ3v) is 5.18. The summed E-state index contributed by atoms with van der Waals surface area (Å²) in [6.07, 6.45) is 3.59. The molecular weight excluding hydrogens is 268 g/mol. The molecule has 0 spiro atoms. The van der Waals surface area contributed by atoms with Gasteiger partial charge in [-0.25, -0.2) is 0 Å². The molecule has 2 rings (SSSR count). The van der Waals surface area contributed by atoms with E-state index in [4.69, 9.17) is 0 Å². The topological polar surface area (TPSA) is 60.9 Å². The molecule has 5 heteroatoms. The molecule has 0 bridgehead atoms. The summed E-state index contributed by atoms with van der Waals surface area (Å²) in [7, 11) is 3.96. The number of carbonyl (C=O) groups excluding carboxylic acids is 1. The van der Waals surface area contributed by atoms with Crippen LogP contribution in [0.5, 0.6) is 0 Å². The maximum absolute atomic E-state index is 12.6. The Hall–Kier alpha value is -1.10. The minimum atomic E-state index is -0.814. The predicted molar refractivity (Wildman–Crippen MR) is 80.9 cm³/mol. The summed E-state index contributed by atoms with van der Waals surface area (Å²) >= 11 is 0. The molecule has 0 aromatic rings. The number of hydrogen-bond donors (Lipinski definition) is 1. The Morgan fingerprint density at radius 3 is 2.33 bits per heavy atom. The number of amides is 1. The van der Waals surface area contributed by atoms with Crippen LogP contribution in [0, 0.1) is 23.7 Å². The molecule has 1 heterocycles. The van der Waals surface area contributed by atoms with Crippen LogP contribution < -0.4 is 0 Å². The van der Waals surface area contributed by atoms with Gasteiger partial charge in [0.2, 0.25) is 5.91 Å². The van der Waals surface area contributed by atoms with E-state index in [0.29, 0.717) is 24.7 Å². The summed E-state index contributed by atoms with van der Waals surface area (Å²) in [5, 5.41) is 9.31. The lowest BCUT2D eigenvalue weighted by atomic mass is 9.93. The van der Waals surface area contributed by atoms with E-state index in [9.17, 15) is 14.7 Å². The summed E-state index contributed by atoms with van der Waals surface area (Å²) in [5.74, 6) is -0.716. The molecule has 1 N–H and O–H groups in total. The number of piperidine rings is 1. The molecule has 1 saturated heterocycles. The number of carbonyl (C=O) groups is 2. The van der Waals surface area contributed by atoms with Crippen LogP contribution in [0.15, 0.2) is 0 Å². The van der Waals surface area contributed by atoms with Crippen molar-refractivity contribution in [2.24, 2.45) is 23.7 Å². The Morgan fingerprint density at radius 2 is 1.76 bits per heavy atom. The first-order chi connectivity index (χ1) is 9.88. The lowest BCUT2D eigenvalue weighted by Crippen LogP contribution is -2.41. The van der Waals surface area contributed by atoms with Crippen LogP contribution in [-0.4, -0.2) is 60.5 Å². The van der Waals surface area contributed by atoms with Crippen LogP contribution in [0.2, 0.25) is 0 Å². The summed E-state index contributed by atoms with van der Waals surface area (Å²) in [6.45, 7) is 4.99. The average Bonchev–Trinajstić information content (AvgIpc) is 2.82. The zero-order valence-corrected chi connectivity index (χ0v) is 13.4. The van der Waals surface area contributed by atoms with E-state index in [1.54, 1.807) is 4.90 Å². The maximum Gasteiger partial charge on any atom is 0.307 e. The summed E-state index contributed by atoms with van der Waals surface area (Å²) in [6, 6.07) is 0. The largest absolute Gasteiger partial charge is 0.481 e. The standard InChI is InChI=1S/C16H28N2O3/c1-11-8-13(14(9-11)16(20)21)15(19)18(3)10-12-4-6-17(2)7-5-12/h11-14H,4-10H2,1-3H3,(H,20,21)/t11?,13-,14+/m0/s1. The second-order valence-electron chi connectivity index (χ2n) is 7.09. The average molecular weight is 296 g/mol. The number of rotatable bonds is 4. The lowest BCUT2D eigenvalue weighted by Gasteiger charge is -2.32. The Balaban J connectivity index is 1.91. The van der Waals surface area contributed by atoms with Gasteiger partial charge in [0.05, 0.1) is 11.8 Å². The molecule has 1 amide bonds. The number of carboxylic acids is 1. The zero-order chi connectivity index (χ0) is 15.6. The van der Waals surface area contributed by atoms with Crippen LogP contribution >= 0.6 is 0 Å². The number of likely N-dealkylation sites (tertiary alicyclic amines) is 1. The van der Waals surface area contributed by atoms with E-state index >= 15 is 0 Å². The van der Waals surface area contributed by atoms with Crippen LogP contribution in [-0.2, 0) is 9.59 Å². The van der Waals surface area contributed by atoms with E-state index < -0.39 is 11.9 Å². The molecule has 2 fully saturated rings. The van der Waals surface area contributed by atoms with Gasteiger partial charge >= 0.3 is 5.97 Å². The van der Waals surface area contributed by atoms with Crippen molar-refractivity contribution in [3.05, 3.63) is 0 Å². The minimum absolute atomic E-state index is 0.0330. The highest BCUT2D eigenvalue weighted by atomic mass is 16.4. The number of hydrogen-bond acceptors (Lipinski definition) is 3. The molecule has 120 valence electrons. The van der Waals surface area contributed by atoms with Crippen molar-refractivity contribution < 1.29 is 14.7 Å². The summed E-state index contributed by atoms with van der Waals surface area (Å²) in [5.41, 5.74) is 0. The van der Waals surface area contributed by atoms with E-state index in [2.05, 4.69) is 11.9 Å². The van der Waals surface area contributed by atoms with Crippen molar-refractivity contribution in [3.8, 4) is 0 Å². The Kier molecular flexibility index (Phi) is 5.25. The quantitative estimate of drug-likeness (QED) is 0.855. The molecule has 5 nitrogen and oxygen atoms in total. The van der Waals surface area contributed by atoms with Crippen LogP contribution in [0.25, 0.3) is 0 Å². The van der Waals surface area contributed by atoms with Crippen molar-refractivity contribution >= 4 is 11.9 Å². The van der Waals surface area contributed by atoms with Gasteiger partial charge < -0.3 is 14.9 Å². The van der Waals surface area contributed by atoms with Gasteiger partial charge in [-0.15, -0.1) is 0 Å². The van der Waals surface area contributed by atoms with E-state index in [0.717, 1.165) is 32.5 Å². The predicted octanol–water partition coefficient (Wildman–Crippen LogP) is 1.53. The molecule has 1 saturated carbocycles. The number of carboxylic acid groups (broad SMARTS) is 1. The normalized spacial score (nSPS) is 31.3. The van der Waals surface area contributed by atoms with Crippen molar-refractivity contribution in [1.29, 1.82) is 0 Å². The maximum atomic E-state index is 12.6. The smallest absolute Gasteiger partial charge is 0.307 e. The van der Waals surface area contributed by atoms with Crippen LogP contribution in [0.4, 0.5) is 0 Å². The highest BCUT2D eigenvalue weighted by molar-refractivity contribution is 5.85. The molecule has 21 heavy (non-hydrogen) atoms. The molecule has 1 unspecified atom stereocenters. The van der Waals surface area contributed by atoms with Crippen molar-refractivity contribution in [2.45, 2.75) is 32.6 Å². The fourth-order valence-electron chi connectivity index (χ4n) is 3.84. The van der Waals surface area contributed by atoms with Gasteiger partial charge in [0.1, 0.15) is 0 Å². The SMILES string of the molecule is CC1C[C@H](C(=O)N(C)CC2CCN(C)CC2)[C@H](C(=O)O)C1. The van der Waals surface area contributed by atoms with Gasteiger partial charge in [0, 0.05) is 13.6 Å². The highest BCUT2D eigenvalue weighted by Crippen LogP contribution is 2.37. The Bertz CT molecular complexity index is 391. The Morgan fingerprint density at radius 1 is 1.19 bits per heavy atom. The van der Waals surface area contributed by atoms with E-state index in [1.807, 2.05) is 14.0 Å². The fourth-order valence-corrected chi connectivity index (χ4v) is 3.84. The molecule has 2 aliphatic rings. The van der Waals surface area contributed by atoms with Gasteiger partial charge in [0.15, 0.2) is 0 Å². The molecule has 1 aliphatic carbocycles. The summed E-state index contributed by atoms with van der Waals surface area (Å²) in [4.78, 5) is 28.0. The molecular formula is C16H28N2O3. The van der Waals surface area contributed by atoms with Crippen molar-refractivity contribution in [2.75, 3.05) is 33.7 Å². The van der Waals surface area contributed by atoms with Gasteiger partial charge in [-0.2, -0.15) is 0 Å². The fraction of sp³-hybridized carbons (Fsp3) is 0.875. The Labute approximate surface area is 127 Å². The van der Waals surface area contributed by atoms with Gasteiger partial charge in [-0.1, -0.05) is 6.92 Å². The third-order valence-electron chi connectivity index (χ3n) is 5.18. The third kappa shape index (κ3) is 3.96. The highest BCUT2D eigenvalue weighted by Gasteiger charge is 2.42. The lowest BCUT2D eigenvalue weighted by molar-refractivity contribution is -0.148. The van der Waals surface area contributed by atoms with Crippen LogP contribution in [0.3, 0.4) is 0 Å². The zero-order valence-electron chi connectivity index (χ0n) is 13.4. The van der Waals surface area contributed by atoms with Crippen LogP contribution in [0.1, 0.15) is 32.6 Å². The van der Waals surface area contributed by atoms with Gasteiger partial charge in [-0.3, -0.25) is 9.59 Å². The second kappa shape index (κ2) is 6.77. The first-order valence-corrected chi connectivity index (χ1v) is 8.04. The molecule has 1 aliphatic heterocycles. The molecule has 0 radical (unpaired) electrons. The minimum Gasteiger partial charge on any atom is -0.481 e. The van der Waals surface area contributed by atoms with Gasteiger partial charge in [-0.05, 0) is 57.7 Å². The van der Waals surface area contributed by atoms with Gasteiger partial charge in [0.25, 0.3) is 0 Å². The molecule has 0 aromatic carbocycles. The number of nitrogens with zero attached hydrogens (tertiary/aromatic N) is 2. The molecule has 0 aromatic heterocycles. The monoisotopic (exact) mass is 296 g/mol. The molecule has 3 atom stereocenters. The van der Waals surface area contributed by atoms with E-state index in [1.165, 1.54) is 0 Å². The first-order valence-electron chi connectivity index (χ1n) is 8.04. The van der Waals surface area contributed by atoms with E-state index in [-0.39, 0.29) is 11.8 Å². The van der Waals surface area contributed by atoms with Crippen molar-refractivity contribution in [1.82, 2.24) is 9.80 Å².